The Labute approximate surface area is 106 Å². The predicted octanol–water partition coefficient (Wildman–Crippen LogP) is 2.54. The zero-order chi connectivity index (χ0) is 13.2. The summed E-state index contributed by atoms with van der Waals surface area (Å²) >= 11 is 3.15. The summed E-state index contributed by atoms with van der Waals surface area (Å²) in [6, 6.07) is 4.15. The standard InChI is InChI=1S/C11H10BrNO4/c1-6(7(2)14)11(15)9-5-8(12)3-4-10(9)13(16)17/h3-5,11,15H,1H2,2H3. The van der Waals surface area contributed by atoms with Gasteiger partial charge in [0.1, 0.15) is 6.10 Å². The van der Waals surface area contributed by atoms with Crippen LogP contribution in [0.2, 0.25) is 0 Å². The van der Waals surface area contributed by atoms with Crippen LogP contribution in [0.25, 0.3) is 0 Å². The van der Waals surface area contributed by atoms with Gasteiger partial charge in [0.2, 0.25) is 0 Å². The van der Waals surface area contributed by atoms with Crippen molar-refractivity contribution < 1.29 is 14.8 Å². The molecule has 0 aliphatic rings. The van der Waals surface area contributed by atoms with Gasteiger partial charge >= 0.3 is 0 Å². The zero-order valence-electron chi connectivity index (χ0n) is 9.01. The molecular weight excluding hydrogens is 290 g/mol. The fourth-order valence-electron chi connectivity index (χ4n) is 1.29. The molecule has 0 fully saturated rings. The average Bonchev–Trinajstić information content (AvgIpc) is 2.26. The van der Waals surface area contributed by atoms with Crippen molar-refractivity contribution in [2.45, 2.75) is 13.0 Å². The van der Waals surface area contributed by atoms with Gasteiger partial charge in [0, 0.05) is 16.1 Å². The quantitative estimate of drug-likeness (QED) is 0.526. The van der Waals surface area contributed by atoms with Gasteiger partial charge in [-0.25, -0.2) is 0 Å². The number of benzene rings is 1. The minimum atomic E-state index is -1.37. The van der Waals surface area contributed by atoms with Crippen LogP contribution in [-0.2, 0) is 4.79 Å². The largest absolute Gasteiger partial charge is 0.383 e. The van der Waals surface area contributed by atoms with E-state index in [-0.39, 0.29) is 16.8 Å². The van der Waals surface area contributed by atoms with Gasteiger partial charge < -0.3 is 5.11 Å². The molecule has 0 spiro atoms. The highest BCUT2D eigenvalue weighted by Crippen LogP contribution is 2.31. The average molecular weight is 300 g/mol. The number of hydrogen-bond acceptors (Lipinski definition) is 4. The third-order valence-corrected chi connectivity index (χ3v) is 2.76. The van der Waals surface area contributed by atoms with Crippen molar-refractivity contribution in [3.8, 4) is 0 Å². The van der Waals surface area contributed by atoms with Crippen LogP contribution in [0.5, 0.6) is 0 Å². The molecule has 6 heteroatoms. The Morgan fingerprint density at radius 2 is 2.18 bits per heavy atom. The maximum absolute atomic E-state index is 11.1. The van der Waals surface area contributed by atoms with Crippen molar-refractivity contribution in [2.75, 3.05) is 0 Å². The maximum atomic E-state index is 11.1. The highest BCUT2D eigenvalue weighted by atomic mass is 79.9. The van der Waals surface area contributed by atoms with Gasteiger partial charge in [-0.05, 0) is 19.1 Å². The summed E-state index contributed by atoms with van der Waals surface area (Å²) in [5.74, 6) is -0.410. The van der Waals surface area contributed by atoms with Gasteiger partial charge in [-0.3, -0.25) is 14.9 Å². The van der Waals surface area contributed by atoms with Crippen LogP contribution in [0.15, 0.2) is 34.8 Å². The van der Waals surface area contributed by atoms with E-state index in [2.05, 4.69) is 22.5 Å². The lowest BCUT2D eigenvalue weighted by molar-refractivity contribution is -0.386. The number of rotatable bonds is 4. The number of carbonyl (C=O) groups excluding carboxylic acids is 1. The SMILES string of the molecule is C=C(C(C)=O)C(O)c1cc(Br)ccc1[N+](=O)[O-]. The van der Waals surface area contributed by atoms with Crippen molar-refractivity contribution in [3.63, 3.8) is 0 Å². The number of aliphatic hydroxyl groups is 1. The fraction of sp³-hybridized carbons (Fsp3) is 0.182. The molecule has 90 valence electrons. The molecule has 0 aliphatic heterocycles. The molecule has 1 aromatic carbocycles. The molecule has 0 aromatic heterocycles. The van der Waals surface area contributed by atoms with E-state index in [1.54, 1.807) is 0 Å². The summed E-state index contributed by atoms with van der Waals surface area (Å²) in [5, 5.41) is 20.7. The summed E-state index contributed by atoms with van der Waals surface area (Å²) in [4.78, 5) is 21.3. The lowest BCUT2D eigenvalue weighted by Crippen LogP contribution is -2.09. The molecule has 0 saturated carbocycles. The Morgan fingerprint density at radius 1 is 1.59 bits per heavy atom. The Morgan fingerprint density at radius 3 is 2.65 bits per heavy atom. The van der Waals surface area contributed by atoms with Gasteiger partial charge in [0.25, 0.3) is 5.69 Å². The van der Waals surface area contributed by atoms with Crippen LogP contribution in [0.3, 0.4) is 0 Å². The first-order chi connectivity index (χ1) is 7.84. The third kappa shape index (κ3) is 2.98. The molecule has 5 nitrogen and oxygen atoms in total. The number of aliphatic hydroxyl groups excluding tert-OH is 1. The number of halogens is 1. The molecule has 0 saturated heterocycles. The van der Waals surface area contributed by atoms with Gasteiger partial charge in [0.15, 0.2) is 5.78 Å². The van der Waals surface area contributed by atoms with Gasteiger partial charge in [-0.15, -0.1) is 0 Å². The summed E-state index contributed by atoms with van der Waals surface area (Å²) in [7, 11) is 0. The normalized spacial score (nSPS) is 11.9. The van der Waals surface area contributed by atoms with Crippen molar-refractivity contribution in [1.29, 1.82) is 0 Å². The van der Waals surface area contributed by atoms with Gasteiger partial charge in [-0.1, -0.05) is 22.5 Å². The topological polar surface area (TPSA) is 80.4 Å². The molecule has 0 bridgehead atoms. The van der Waals surface area contributed by atoms with E-state index >= 15 is 0 Å². The second-order valence-electron chi connectivity index (χ2n) is 3.44. The van der Waals surface area contributed by atoms with Crippen molar-refractivity contribution in [3.05, 3.63) is 50.5 Å². The number of nitro groups is 1. The molecule has 0 amide bonds. The van der Waals surface area contributed by atoms with Crippen LogP contribution in [-0.4, -0.2) is 15.8 Å². The molecular formula is C11H10BrNO4. The molecule has 1 N–H and O–H groups in total. The highest BCUT2D eigenvalue weighted by molar-refractivity contribution is 9.10. The number of ketones is 1. The minimum absolute atomic E-state index is 0.0459. The highest BCUT2D eigenvalue weighted by Gasteiger charge is 2.24. The van der Waals surface area contributed by atoms with E-state index in [1.165, 1.54) is 25.1 Å². The second kappa shape index (κ2) is 5.20. The first-order valence-corrected chi connectivity index (χ1v) is 5.45. The number of nitrogens with zero attached hydrogens (tertiary/aromatic N) is 1. The molecule has 0 radical (unpaired) electrons. The lowest BCUT2D eigenvalue weighted by atomic mass is 9.99. The van der Waals surface area contributed by atoms with Crippen LogP contribution in [0, 0.1) is 10.1 Å². The van der Waals surface area contributed by atoms with Gasteiger partial charge in [-0.2, -0.15) is 0 Å². The molecule has 1 atom stereocenters. The van der Waals surface area contributed by atoms with Gasteiger partial charge in [0.05, 0.1) is 10.5 Å². The van der Waals surface area contributed by atoms with E-state index in [1.807, 2.05) is 0 Å². The molecule has 17 heavy (non-hydrogen) atoms. The third-order valence-electron chi connectivity index (χ3n) is 2.26. The smallest absolute Gasteiger partial charge is 0.275 e. The van der Waals surface area contributed by atoms with Crippen LogP contribution < -0.4 is 0 Å². The molecule has 1 rings (SSSR count). The molecule has 0 heterocycles. The first kappa shape index (κ1) is 13.5. The summed E-state index contributed by atoms with van der Waals surface area (Å²) in [5.41, 5.74) is -0.279. The molecule has 0 aliphatic carbocycles. The Hall–Kier alpha value is -1.53. The summed E-state index contributed by atoms with van der Waals surface area (Å²) < 4.78 is 0.577. The first-order valence-electron chi connectivity index (χ1n) is 4.66. The predicted molar refractivity (Wildman–Crippen MR) is 65.6 cm³/mol. The number of Topliss-reactive ketones (excluding diaryl/α,β-unsaturated/α-hetero) is 1. The van der Waals surface area contributed by atoms with Crippen LogP contribution >= 0.6 is 15.9 Å². The summed E-state index contributed by atoms with van der Waals surface area (Å²) in [6.45, 7) is 4.67. The van der Waals surface area contributed by atoms with E-state index in [0.29, 0.717) is 4.47 Å². The van der Waals surface area contributed by atoms with E-state index in [4.69, 9.17) is 0 Å². The Bertz CT molecular complexity index is 498. The minimum Gasteiger partial charge on any atom is -0.383 e. The molecule has 1 unspecified atom stereocenters. The second-order valence-corrected chi connectivity index (χ2v) is 4.36. The number of hydrogen-bond donors (Lipinski definition) is 1. The van der Waals surface area contributed by atoms with Crippen LogP contribution in [0.4, 0.5) is 5.69 Å². The Kier molecular flexibility index (Phi) is 4.14. The van der Waals surface area contributed by atoms with Crippen molar-refractivity contribution >= 4 is 27.4 Å². The van der Waals surface area contributed by atoms with Crippen LogP contribution in [0.1, 0.15) is 18.6 Å². The van der Waals surface area contributed by atoms with E-state index < -0.39 is 16.8 Å². The zero-order valence-corrected chi connectivity index (χ0v) is 10.6. The summed E-state index contributed by atoms with van der Waals surface area (Å²) in [6.07, 6.45) is -1.37. The van der Waals surface area contributed by atoms with E-state index in [0.717, 1.165) is 0 Å². The fourth-order valence-corrected chi connectivity index (χ4v) is 1.67. The maximum Gasteiger partial charge on any atom is 0.275 e. The monoisotopic (exact) mass is 299 g/mol. The number of nitro benzene ring substituents is 1. The lowest BCUT2D eigenvalue weighted by Gasteiger charge is -2.12. The van der Waals surface area contributed by atoms with Crippen molar-refractivity contribution in [2.24, 2.45) is 0 Å². The van der Waals surface area contributed by atoms with E-state index in [9.17, 15) is 20.0 Å². The number of carbonyl (C=O) groups is 1. The molecule has 1 aromatic rings. The Balaban J connectivity index is 3.28. The van der Waals surface area contributed by atoms with Crippen molar-refractivity contribution in [1.82, 2.24) is 0 Å².